The fraction of sp³-hybridized carbons (Fsp3) is 0.625. The Labute approximate surface area is 65.6 Å². The molecule has 0 aromatic carbocycles. The van der Waals surface area contributed by atoms with Crippen LogP contribution in [0.1, 0.15) is 6.92 Å². The van der Waals surface area contributed by atoms with E-state index in [1.165, 1.54) is 0 Å². The van der Waals surface area contributed by atoms with E-state index in [2.05, 4.69) is 6.08 Å². The molecule has 1 amide bonds. The third-order valence-corrected chi connectivity index (χ3v) is 2.26. The lowest BCUT2D eigenvalue weighted by Gasteiger charge is -2.49. The molecule has 1 aliphatic heterocycles. The first-order chi connectivity index (χ1) is 5.33. The van der Waals surface area contributed by atoms with E-state index < -0.39 is 0 Å². The van der Waals surface area contributed by atoms with E-state index in [1.54, 1.807) is 4.90 Å². The molecule has 0 N–H and O–H groups in total. The van der Waals surface area contributed by atoms with Crippen molar-refractivity contribution in [3.63, 3.8) is 0 Å². The fourth-order valence-corrected chi connectivity index (χ4v) is 1.49. The zero-order valence-electron chi connectivity index (χ0n) is 6.49. The van der Waals surface area contributed by atoms with Gasteiger partial charge in [0.15, 0.2) is 0 Å². The maximum absolute atomic E-state index is 11.1. The van der Waals surface area contributed by atoms with Crippen molar-refractivity contribution in [3.8, 4) is 0 Å². The highest BCUT2D eigenvalue weighted by atomic mass is 16.6. The molecule has 0 spiro atoms. The van der Waals surface area contributed by atoms with Crippen molar-refractivity contribution in [2.75, 3.05) is 13.2 Å². The second kappa shape index (κ2) is 2.26. The van der Waals surface area contributed by atoms with Crippen LogP contribution in [0, 0.1) is 5.92 Å². The van der Waals surface area contributed by atoms with Crippen LogP contribution in [0.5, 0.6) is 0 Å². The van der Waals surface area contributed by atoms with Crippen molar-refractivity contribution in [1.29, 1.82) is 0 Å². The van der Waals surface area contributed by atoms with Gasteiger partial charge in [0.1, 0.15) is 0 Å². The normalized spacial score (nSPS) is 31.9. The summed E-state index contributed by atoms with van der Waals surface area (Å²) in [7, 11) is 0. The molecule has 3 nitrogen and oxygen atoms in total. The van der Waals surface area contributed by atoms with Gasteiger partial charge in [-0.1, -0.05) is 12.2 Å². The van der Waals surface area contributed by atoms with Crippen molar-refractivity contribution in [3.05, 3.63) is 12.2 Å². The molecule has 0 aromatic rings. The van der Waals surface area contributed by atoms with E-state index in [0.29, 0.717) is 18.6 Å². The summed E-state index contributed by atoms with van der Waals surface area (Å²) in [6.45, 7) is 3.14. The molecular weight excluding hydrogens is 142 g/mol. The lowest BCUT2D eigenvalue weighted by Crippen LogP contribution is -2.60. The van der Waals surface area contributed by atoms with E-state index in [9.17, 15) is 4.79 Å². The number of ether oxygens (including phenoxy) is 1. The van der Waals surface area contributed by atoms with Crippen molar-refractivity contribution in [1.82, 2.24) is 4.90 Å². The van der Waals surface area contributed by atoms with Gasteiger partial charge in [-0.3, -0.25) is 0 Å². The summed E-state index contributed by atoms with van der Waals surface area (Å²) in [6.07, 6.45) is 4.02. The smallest absolute Gasteiger partial charge is 0.410 e. The van der Waals surface area contributed by atoms with Gasteiger partial charge in [0, 0.05) is 12.5 Å². The number of hydrogen-bond acceptors (Lipinski definition) is 2. The van der Waals surface area contributed by atoms with Crippen LogP contribution >= 0.6 is 0 Å². The van der Waals surface area contributed by atoms with E-state index >= 15 is 0 Å². The van der Waals surface area contributed by atoms with Crippen LogP contribution in [-0.2, 0) is 4.74 Å². The van der Waals surface area contributed by atoms with Crippen LogP contribution in [0.2, 0.25) is 0 Å². The monoisotopic (exact) mass is 153 g/mol. The molecule has 11 heavy (non-hydrogen) atoms. The second-order valence-electron chi connectivity index (χ2n) is 2.89. The maximum Gasteiger partial charge on any atom is 0.410 e. The Morgan fingerprint density at radius 1 is 1.73 bits per heavy atom. The van der Waals surface area contributed by atoms with Crippen LogP contribution in [-0.4, -0.2) is 30.2 Å². The molecular formula is C8H11NO2. The largest absolute Gasteiger partial charge is 0.450 e. The summed E-state index contributed by atoms with van der Waals surface area (Å²) < 4.78 is 4.85. The van der Waals surface area contributed by atoms with Gasteiger partial charge in [-0.2, -0.15) is 0 Å². The first kappa shape index (κ1) is 6.70. The Kier molecular flexibility index (Phi) is 1.37. The minimum Gasteiger partial charge on any atom is -0.450 e. The predicted octanol–water partition coefficient (Wildman–Crippen LogP) is 1.01. The Morgan fingerprint density at radius 2 is 2.55 bits per heavy atom. The van der Waals surface area contributed by atoms with Gasteiger partial charge in [0.05, 0.1) is 12.6 Å². The minimum absolute atomic E-state index is 0.168. The zero-order valence-corrected chi connectivity index (χ0v) is 6.49. The molecule has 0 radical (unpaired) electrons. The quantitative estimate of drug-likeness (QED) is 0.526. The molecule has 0 bridgehead atoms. The number of nitrogens with zero attached hydrogens (tertiary/aromatic N) is 1. The van der Waals surface area contributed by atoms with Gasteiger partial charge in [-0.25, -0.2) is 4.79 Å². The van der Waals surface area contributed by atoms with Gasteiger partial charge in [-0.05, 0) is 6.92 Å². The van der Waals surface area contributed by atoms with E-state index in [1.807, 2.05) is 13.0 Å². The summed E-state index contributed by atoms with van der Waals surface area (Å²) in [5, 5.41) is 0. The van der Waals surface area contributed by atoms with Crippen molar-refractivity contribution >= 4 is 6.09 Å². The molecule has 3 heteroatoms. The molecule has 0 aromatic heterocycles. The number of carbonyl (C=O) groups is 1. The number of amides is 1. The molecule has 2 aliphatic rings. The van der Waals surface area contributed by atoms with Crippen LogP contribution in [0.4, 0.5) is 4.79 Å². The lowest BCUT2D eigenvalue weighted by atomic mass is 9.80. The van der Waals surface area contributed by atoms with Gasteiger partial charge in [0.2, 0.25) is 0 Å². The highest BCUT2D eigenvalue weighted by molar-refractivity contribution is 5.70. The molecule has 2 unspecified atom stereocenters. The lowest BCUT2D eigenvalue weighted by molar-refractivity contribution is 0.0324. The molecule has 1 fully saturated rings. The molecule has 0 saturated carbocycles. The SMILES string of the molecule is CCOC(=O)N1CC2C=CC21. The summed E-state index contributed by atoms with van der Waals surface area (Å²) >= 11 is 0. The molecule has 2 atom stereocenters. The van der Waals surface area contributed by atoms with Gasteiger partial charge in [-0.15, -0.1) is 0 Å². The molecule has 1 heterocycles. The third kappa shape index (κ3) is 0.836. The topological polar surface area (TPSA) is 29.5 Å². The van der Waals surface area contributed by atoms with E-state index in [0.717, 1.165) is 6.54 Å². The van der Waals surface area contributed by atoms with Crippen LogP contribution in [0.15, 0.2) is 12.2 Å². The first-order valence-corrected chi connectivity index (χ1v) is 3.94. The Hall–Kier alpha value is -0.990. The molecule has 2 rings (SSSR count). The van der Waals surface area contributed by atoms with E-state index in [4.69, 9.17) is 4.74 Å². The van der Waals surface area contributed by atoms with Crippen molar-refractivity contribution in [2.24, 2.45) is 5.92 Å². The van der Waals surface area contributed by atoms with Gasteiger partial charge >= 0.3 is 6.09 Å². The third-order valence-electron chi connectivity index (χ3n) is 2.26. The standard InChI is InChI=1S/C8H11NO2/c1-2-11-8(10)9-5-6-3-4-7(6)9/h3-4,6-7H,2,5H2,1H3. The van der Waals surface area contributed by atoms with Crippen LogP contribution in [0.3, 0.4) is 0 Å². The summed E-state index contributed by atoms with van der Waals surface area (Å²) in [5.74, 6) is 0.624. The minimum atomic E-state index is -0.168. The van der Waals surface area contributed by atoms with Crippen LogP contribution in [0.25, 0.3) is 0 Å². The van der Waals surface area contributed by atoms with Gasteiger partial charge in [0.25, 0.3) is 0 Å². The number of rotatable bonds is 1. The molecule has 60 valence electrons. The molecule has 1 saturated heterocycles. The highest BCUT2D eigenvalue weighted by Gasteiger charge is 2.44. The maximum atomic E-state index is 11.1. The second-order valence-corrected chi connectivity index (χ2v) is 2.89. The van der Waals surface area contributed by atoms with Crippen LogP contribution < -0.4 is 0 Å². The highest BCUT2D eigenvalue weighted by Crippen LogP contribution is 2.34. The Morgan fingerprint density at radius 3 is 2.91 bits per heavy atom. The summed E-state index contributed by atoms with van der Waals surface area (Å²) in [5.41, 5.74) is 0. The number of likely N-dealkylation sites (tertiary alicyclic amines) is 1. The Balaban J connectivity index is 1.88. The van der Waals surface area contributed by atoms with Crippen molar-refractivity contribution in [2.45, 2.75) is 13.0 Å². The predicted molar refractivity (Wildman–Crippen MR) is 40.1 cm³/mol. The number of carbonyl (C=O) groups excluding carboxylic acids is 1. The van der Waals surface area contributed by atoms with Gasteiger partial charge < -0.3 is 9.64 Å². The number of hydrogen-bond donors (Lipinski definition) is 0. The first-order valence-electron chi connectivity index (χ1n) is 3.94. The fourth-order valence-electron chi connectivity index (χ4n) is 1.49. The number of fused-ring (bicyclic) bond motifs is 1. The average Bonchev–Trinajstić information content (AvgIpc) is 1.95. The summed E-state index contributed by atoms with van der Waals surface area (Å²) in [4.78, 5) is 12.8. The Bertz CT molecular complexity index is 212. The van der Waals surface area contributed by atoms with E-state index in [-0.39, 0.29) is 6.09 Å². The van der Waals surface area contributed by atoms with Crippen molar-refractivity contribution < 1.29 is 9.53 Å². The zero-order chi connectivity index (χ0) is 7.84. The average molecular weight is 153 g/mol. The molecule has 1 aliphatic carbocycles. The summed E-state index contributed by atoms with van der Waals surface area (Å²) in [6, 6.07) is 0.356.